The van der Waals surface area contributed by atoms with Gasteiger partial charge in [-0.05, 0) is 39.4 Å². The van der Waals surface area contributed by atoms with Crippen molar-refractivity contribution in [2.75, 3.05) is 19.8 Å². The van der Waals surface area contributed by atoms with Gasteiger partial charge in [0.15, 0.2) is 0 Å². The standard InChI is InChI=1S/C16H37NO2Si3/c1-10-18-22(9,19-11-2)16-14-15-17(20(5,6)12-3)21(7,8)13-4/h12-13H,3-4,10-11,14-16H2,1-2,5-9H3. The Hall–Kier alpha value is 0.0106. The second-order valence-electron chi connectivity index (χ2n) is 6.97. The molecule has 0 radical (unpaired) electrons. The lowest BCUT2D eigenvalue weighted by Gasteiger charge is -2.44. The van der Waals surface area contributed by atoms with Crippen molar-refractivity contribution >= 4 is 25.0 Å². The van der Waals surface area contributed by atoms with Crippen molar-refractivity contribution in [3.05, 3.63) is 24.6 Å². The van der Waals surface area contributed by atoms with Gasteiger partial charge in [0.05, 0.1) is 0 Å². The third-order valence-corrected chi connectivity index (χ3v) is 16.0. The molecule has 0 aliphatic heterocycles. The summed E-state index contributed by atoms with van der Waals surface area (Å²) in [5.74, 6) is 0. The zero-order valence-corrected chi connectivity index (χ0v) is 18.9. The predicted molar refractivity (Wildman–Crippen MR) is 106 cm³/mol. The molecule has 6 heteroatoms. The lowest BCUT2D eigenvalue weighted by molar-refractivity contribution is 0.188. The summed E-state index contributed by atoms with van der Waals surface area (Å²) in [5.41, 5.74) is 4.37. The first-order chi connectivity index (χ1) is 10.1. The van der Waals surface area contributed by atoms with Gasteiger partial charge >= 0.3 is 8.56 Å². The van der Waals surface area contributed by atoms with Gasteiger partial charge in [-0.3, -0.25) is 0 Å². The van der Waals surface area contributed by atoms with E-state index >= 15 is 0 Å². The van der Waals surface area contributed by atoms with E-state index in [0.717, 1.165) is 32.2 Å². The average molecular weight is 360 g/mol. The highest BCUT2D eigenvalue weighted by Gasteiger charge is 2.38. The van der Waals surface area contributed by atoms with Gasteiger partial charge in [-0.1, -0.05) is 37.6 Å². The molecular formula is C16H37NO2Si3. The Morgan fingerprint density at radius 3 is 1.59 bits per heavy atom. The highest BCUT2D eigenvalue weighted by molar-refractivity contribution is 6.95. The summed E-state index contributed by atoms with van der Waals surface area (Å²) in [6.45, 7) is 26.5. The van der Waals surface area contributed by atoms with Gasteiger partial charge in [-0.2, -0.15) is 0 Å². The van der Waals surface area contributed by atoms with Gasteiger partial charge in [0.25, 0.3) is 0 Å². The van der Waals surface area contributed by atoms with Crippen LogP contribution in [-0.2, 0) is 8.85 Å². The molecular weight excluding hydrogens is 322 g/mol. The lowest BCUT2D eigenvalue weighted by atomic mass is 10.5. The van der Waals surface area contributed by atoms with Crippen molar-refractivity contribution < 1.29 is 8.85 Å². The van der Waals surface area contributed by atoms with Crippen LogP contribution < -0.4 is 0 Å². The minimum absolute atomic E-state index is 0.742. The van der Waals surface area contributed by atoms with Crippen LogP contribution in [0.4, 0.5) is 0 Å². The Labute approximate surface area is 141 Å². The Kier molecular flexibility index (Phi) is 9.35. The van der Waals surface area contributed by atoms with Crippen LogP contribution in [0.2, 0.25) is 38.8 Å². The highest BCUT2D eigenvalue weighted by Crippen LogP contribution is 2.24. The summed E-state index contributed by atoms with van der Waals surface area (Å²) in [7, 11) is -5.15. The Bertz CT molecular complexity index is 333. The van der Waals surface area contributed by atoms with Crippen LogP contribution in [0.25, 0.3) is 0 Å². The van der Waals surface area contributed by atoms with E-state index in [-0.39, 0.29) is 0 Å². The summed E-state index contributed by atoms with van der Waals surface area (Å²) in [6.07, 6.45) is 1.12. The van der Waals surface area contributed by atoms with Crippen LogP contribution in [-0.4, -0.2) is 49.0 Å². The van der Waals surface area contributed by atoms with E-state index in [1.165, 1.54) is 0 Å². The van der Waals surface area contributed by atoms with Crippen molar-refractivity contribution in [1.29, 1.82) is 0 Å². The molecule has 130 valence electrons. The molecule has 0 saturated heterocycles. The molecule has 0 atom stereocenters. The van der Waals surface area contributed by atoms with E-state index < -0.39 is 25.0 Å². The summed E-state index contributed by atoms with van der Waals surface area (Å²) >= 11 is 0. The van der Waals surface area contributed by atoms with E-state index in [1.807, 2.05) is 0 Å². The largest absolute Gasteiger partial charge is 0.395 e. The second-order valence-corrected chi connectivity index (χ2v) is 19.3. The molecule has 3 nitrogen and oxygen atoms in total. The normalized spacial score (nSPS) is 13.5. The molecule has 0 rings (SSSR count). The molecule has 0 spiro atoms. The molecule has 0 amide bonds. The second kappa shape index (κ2) is 9.34. The molecule has 0 aromatic carbocycles. The van der Waals surface area contributed by atoms with E-state index in [0.29, 0.717) is 0 Å². The average Bonchev–Trinajstić information content (AvgIpc) is 2.43. The van der Waals surface area contributed by atoms with Crippen molar-refractivity contribution in [1.82, 2.24) is 4.23 Å². The first-order valence-corrected chi connectivity index (χ1v) is 17.0. The predicted octanol–water partition coefficient (Wildman–Crippen LogP) is 4.68. The highest BCUT2D eigenvalue weighted by atomic mass is 28.4. The fourth-order valence-electron chi connectivity index (χ4n) is 2.89. The van der Waals surface area contributed by atoms with Gasteiger partial charge in [0.1, 0.15) is 16.5 Å². The Morgan fingerprint density at radius 1 is 0.864 bits per heavy atom. The summed E-state index contributed by atoms with van der Waals surface area (Å²) in [4.78, 5) is 0. The Morgan fingerprint density at radius 2 is 1.27 bits per heavy atom. The topological polar surface area (TPSA) is 21.7 Å². The van der Waals surface area contributed by atoms with Gasteiger partial charge in [0.2, 0.25) is 0 Å². The van der Waals surface area contributed by atoms with E-state index in [2.05, 4.69) is 75.4 Å². The number of rotatable bonds is 12. The molecule has 0 heterocycles. The van der Waals surface area contributed by atoms with Crippen molar-refractivity contribution in [3.63, 3.8) is 0 Å². The molecule has 0 aromatic heterocycles. The van der Waals surface area contributed by atoms with Gasteiger partial charge in [-0.15, -0.1) is 13.2 Å². The lowest BCUT2D eigenvalue weighted by Crippen LogP contribution is -2.60. The van der Waals surface area contributed by atoms with E-state index in [1.54, 1.807) is 0 Å². The maximum absolute atomic E-state index is 5.96. The maximum atomic E-state index is 5.96. The summed E-state index contributed by atoms with van der Waals surface area (Å²) < 4.78 is 14.6. The minimum Gasteiger partial charge on any atom is -0.395 e. The molecule has 22 heavy (non-hydrogen) atoms. The molecule has 0 aliphatic carbocycles. The zero-order chi connectivity index (χ0) is 17.4. The first kappa shape index (κ1) is 22.0. The first-order valence-electron chi connectivity index (χ1n) is 8.41. The van der Waals surface area contributed by atoms with E-state index in [9.17, 15) is 0 Å². The zero-order valence-electron chi connectivity index (χ0n) is 15.9. The van der Waals surface area contributed by atoms with Crippen LogP contribution >= 0.6 is 0 Å². The number of hydrogen-bond donors (Lipinski definition) is 0. The summed E-state index contributed by atoms with van der Waals surface area (Å²) in [5, 5.41) is 0. The van der Waals surface area contributed by atoms with Crippen LogP contribution in [0.1, 0.15) is 20.3 Å². The third kappa shape index (κ3) is 6.64. The minimum atomic E-state index is -2.00. The van der Waals surface area contributed by atoms with Gasteiger partial charge in [0, 0.05) is 13.2 Å². The molecule has 0 unspecified atom stereocenters. The molecule has 0 saturated carbocycles. The molecule has 0 N–H and O–H groups in total. The monoisotopic (exact) mass is 359 g/mol. The SMILES string of the molecule is C=C[Si](C)(C)N(CCC[Si](C)(OCC)OCC)[Si](C)(C)C=C. The number of nitrogens with zero attached hydrogens (tertiary/aromatic N) is 1. The van der Waals surface area contributed by atoms with Crippen LogP contribution in [0.15, 0.2) is 24.6 Å². The van der Waals surface area contributed by atoms with Gasteiger partial charge in [-0.25, -0.2) is 0 Å². The van der Waals surface area contributed by atoms with Crippen molar-refractivity contribution in [2.24, 2.45) is 0 Å². The van der Waals surface area contributed by atoms with Crippen molar-refractivity contribution in [3.8, 4) is 0 Å². The van der Waals surface area contributed by atoms with Gasteiger partial charge < -0.3 is 13.1 Å². The quantitative estimate of drug-likeness (QED) is 0.472. The number of hydrogen-bond acceptors (Lipinski definition) is 3. The van der Waals surface area contributed by atoms with Crippen LogP contribution in [0, 0.1) is 0 Å². The fourth-order valence-corrected chi connectivity index (χ4v) is 13.7. The smallest absolute Gasteiger partial charge is 0.334 e. The van der Waals surface area contributed by atoms with Crippen LogP contribution in [0.3, 0.4) is 0 Å². The molecule has 0 bridgehead atoms. The molecule has 0 aromatic rings. The molecule has 0 aliphatic rings. The van der Waals surface area contributed by atoms with Crippen molar-refractivity contribution in [2.45, 2.75) is 59.0 Å². The van der Waals surface area contributed by atoms with E-state index in [4.69, 9.17) is 8.85 Å². The fraction of sp³-hybridized carbons (Fsp3) is 0.750. The summed E-state index contributed by atoms with van der Waals surface area (Å²) in [6, 6.07) is 1.05. The maximum Gasteiger partial charge on any atom is 0.334 e. The molecule has 0 fully saturated rings. The van der Waals surface area contributed by atoms with Crippen LogP contribution in [0.5, 0.6) is 0 Å². The Balaban J connectivity index is 4.91. The third-order valence-electron chi connectivity index (χ3n) is 4.30.